The average molecular weight is 131 g/mol. The summed E-state index contributed by atoms with van der Waals surface area (Å²) in [6.45, 7) is 2.72. The molecule has 0 bridgehead atoms. The molecular formula is C5H9NO3. The van der Waals surface area contributed by atoms with Crippen LogP contribution in [0.3, 0.4) is 0 Å². The van der Waals surface area contributed by atoms with Crippen LogP contribution >= 0.6 is 0 Å². The van der Waals surface area contributed by atoms with Crippen LogP contribution in [0.5, 0.6) is 0 Å². The quantitative estimate of drug-likeness (QED) is 0.307. The second-order valence-electron chi connectivity index (χ2n) is 1.81. The molecule has 4 nitrogen and oxygen atoms in total. The van der Waals surface area contributed by atoms with E-state index in [2.05, 4.69) is 0 Å². The molecule has 2 N–H and O–H groups in total. The number of hydroxylamine groups is 1. The van der Waals surface area contributed by atoms with E-state index in [1.165, 1.54) is 19.3 Å². The van der Waals surface area contributed by atoms with Gasteiger partial charge in [0.2, 0.25) is 0 Å². The van der Waals surface area contributed by atoms with Crippen LogP contribution in [0, 0.1) is 5.92 Å². The standard InChI is InChI=1S/C5H9NO3/c1-3(4(2)7)5(8)6-9/h3,9H,1-2H3,(H,6,8)/t3-/m1/s1. The maximum absolute atomic E-state index is 10.4. The zero-order valence-corrected chi connectivity index (χ0v) is 5.34. The lowest BCUT2D eigenvalue weighted by Gasteiger charge is -2.01. The van der Waals surface area contributed by atoms with Gasteiger partial charge in [0.15, 0.2) is 0 Å². The van der Waals surface area contributed by atoms with Crippen LogP contribution in [0.2, 0.25) is 0 Å². The molecule has 1 atom stereocenters. The van der Waals surface area contributed by atoms with Crippen molar-refractivity contribution in [1.29, 1.82) is 0 Å². The van der Waals surface area contributed by atoms with Gasteiger partial charge in [0.25, 0.3) is 5.91 Å². The Hall–Kier alpha value is -0.900. The number of hydrogen-bond acceptors (Lipinski definition) is 3. The molecule has 52 valence electrons. The number of carbonyl (C=O) groups is 2. The molecular weight excluding hydrogens is 122 g/mol. The molecule has 0 saturated heterocycles. The van der Waals surface area contributed by atoms with Gasteiger partial charge in [-0.2, -0.15) is 0 Å². The van der Waals surface area contributed by atoms with Crippen LogP contribution in [0.4, 0.5) is 0 Å². The third-order valence-electron chi connectivity index (χ3n) is 1.11. The molecule has 0 unspecified atom stereocenters. The fourth-order valence-electron chi connectivity index (χ4n) is 0.281. The molecule has 0 spiro atoms. The van der Waals surface area contributed by atoms with Crippen LogP contribution in [-0.4, -0.2) is 16.9 Å². The minimum Gasteiger partial charge on any atom is -0.299 e. The Kier molecular flexibility index (Phi) is 2.87. The molecule has 1 amide bonds. The van der Waals surface area contributed by atoms with Crippen molar-refractivity contribution in [3.05, 3.63) is 0 Å². The van der Waals surface area contributed by atoms with Crippen LogP contribution in [-0.2, 0) is 9.59 Å². The minimum absolute atomic E-state index is 0.262. The second kappa shape index (κ2) is 3.19. The first-order chi connectivity index (χ1) is 4.09. The Bertz CT molecular complexity index is 132. The molecule has 9 heavy (non-hydrogen) atoms. The van der Waals surface area contributed by atoms with Crippen molar-refractivity contribution in [3.63, 3.8) is 0 Å². The van der Waals surface area contributed by atoms with E-state index in [1.807, 2.05) is 0 Å². The first-order valence-electron chi connectivity index (χ1n) is 2.54. The highest BCUT2D eigenvalue weighted by Crippen LogP contribution is 1.93. The molecule has 0 aliphatic heterocycles. The smallest absolute Gasteiger partial charge is 0.253 e. The largest absolute Gasteiger partial charge is 0.299 e. The molecule has 0 radical (unpaired) electrons. The molecule has 0 saturated carbocycles. The lowest BCUT2D eigenvalue weighted by molar-refractivity contribution is -0.138. The first-order valence-corrected chi connectivity index (χ1v) is 2.54. The van der Waals surface area contributed by atoms with E-state index in [1.54, 1.807) is 0 Å². The van der Waals surface area contributed by atoms with Gasteiger partial charge in [0, 0.05) is 0 Å². The molecule has 0 aromatic carbocycles. The fourth-order valence-corrected chi connectivity index (χ4v) is 0.281. The van der Waals surface area contributed by atoms with E-state index in [-0.39, 0.29) is 5.78 Å². The van der Waals surface area contributed by atoms with E-state index in [0.717, 1.165) is 0 Å². The number of nitrogens with one attached hydrogen (secondary N) is 1. The van der Waals surface area contributed by atoms with E-state index in [9.17, 15) is 9.59 Å². The van der Waals surface area contributed by atoms with Crippen molar-refractivity contribution >= 4 is 11.7 Å². The summed E-state index contributed by atoms with van der Waals surface area (Å²) in [6, 6.07) is 0. The highest BCUT2D eigenvalue weighted by Gasteiger charge is 2.15. The molecule has 0 aromatic rings. The van der Waals surface area contributed by atoms with Crippen molar-refractivity contribution in [2.24, 2.45) is 5.92 Å². The van der Waals surface area contributed by atoms with Gasteiger partial charge in [-0.05, 0) is 13.8 Å². The molecule has 0 aliphatic rings. The van der Waals surface area contributed by atoms with Gasteiger partial charge in [-0.1, -0.05) is 0 Å². The SMILES string of the molecule is CC(=O)[C@@H](C)C(=O)NO. The molecule has 4 heteroatoms. The number of Topliss-reactive ketones (excluding diaryl/α,β-unsaturated/α-hetero) is 1. The fraction of sp³-hybridized carbons (Fsp3) is 0.600. The predicted octanol–water partition coefficient (Wildman–Crippen LogP) is -0.283. The van der Waals surface area contributed by atoms with Gasteiger partial charge in [-0.15, -0.1) is 0 Å². The maximum Gasteiger partial charge on any atom is 0.253 e. The molecule has 0 fully saturated rings. The van der Waals surface area contributed by atoms with Gasteiger partial charge >= 0.3 is 0 Å². The Balaban J connectivity index is 3.88. The summed E-state index contributed by atoms with van der Waals surface area (Å²) >= 11 is 0. The zero-order valence-electron chi connectivity index (χ0n) is 5.34. The molecule has 0 aromatic heterocycles. The highest BCUT2D eigenvalue weighted by molar-refractivity contribution is 5.99. The van der Waals surface area contributed by atoms with Crippen molar-refractivity contribution in [2.45, 2.75) is 13.8 Å². The number of hydrogen-bond donors (Lipinski definition) is 2. The highest BCUT2D eigenvalue weighted by atomic mass is 16.5. The van der Waals surface area contributed by atoms with E-state index in [0.29, 0.717) is 0 Å². The van der Waals surface area contributed by atoms with Crippen molar-refractivity contribution < 1.29 is 14.8 Å². The third kappa shape index (κ3) is 2.23. The van der Waals surface area contributed by atoms with Crippen molar-refractivity contribution in [3.8, 4) is 0 Å². The van der Waals surface area contributed by atoms with E-state index in [4.69, 9.17) is 5.21 Å². The van der Waals surface area contributed by atoms with Crippen LogP contribution in [0.25, 0.3) is 0 Å². The summed E-state index contributed by atoms with van der Waals surface area (Å²) < 4.78 is 0. The summed E-state index contributed by atoms with van der Waals surface area (Å²) in [5.74, 6) is -1.68. The summed E-state index contributed by atoms with van der Waals surface area (Å²) in [4.78, 5) is 20.7. The number of amides is 1. The van der Waals surface area contributed by atoms with Gasteiger partial charge in [-0.25, -0.2) is 5.48 Å². The summed E-state index contributed by atoms with van der Waals surface area (Å²) in [5.41, 5.74) is 1.39. The average Bonchev–Trinajstić information content (AvgIpc) is 1.84. The number of rotatable bonds is 2. The topological polar surface area (TPSA) is 66.4 Å². The number of ketones is 1. The van der Waals surface area contributed by atoms with Crippen LogP contribution < -0.4 is 5.48 Å². The lowest BCUT2D eigenvalue weighted by Crippen LogP contribution is -2.29. The second-order valence-corrected chi connectivity index (χ2v) is 1.81. The Labute approximate surface area is 52.8 Å². The third-order valence-corrected chi connectivity index (χ3v) is 1.11. The van der Waals surface area contributed by atoms with Gasteiger partial charge in [0.1, 0.15) is 5.78 Å². The molecule has 0 rings (SSSR count). The van der Waals surface area contributed by atoms with Gasteiger partial charge < -0.3 is 0 Å². The monoisotopic (exact) mass is 131 g/mol. The van der Waals surface area contributed by atoms with Crippen LogP contribution in [0.15, 0.2) is 0 Å². The lowest BCUT2D eigenvalue weighted by atomic mass is 10.1. The van der Waals surface area contributed by atoms with E-state index < -0.39 is 11.8 Å². The summed E-state index contributed by atoms with van der Waals surface area (Å²) in [5, 5.41) is 8.00. The summed E-state index contributed by atoms with van der Waals surface area (Å²) in [6.07, 6.45) is 0. The molecule has 0 aliphatic carbocycles. The molecule has 0 heterocycles. The van der Waals surface area contributed by atoms with Crippen molar-refractivity contribution in [1.82, 2.24) is 5.48 Å². The predicted molar refractivity (Wildman–Crippen MR) is 29.8 cm³/mol. The van der Waals surface area contributed by atoms with Crippen molar-refractivity contribution in [2.75, 3.05) is 0 Å². The zero-order chi connectivity index (χ0) is 7.44. The summed E-state index contributed by atoms with van der Waals surface area (Å²) in [7, 11) is 0. The van der Waals surface area contributed by atoms with Crippen LogP contribution in [0.1, 0.15) is 13.8 Å². The first kappa shape index (κ1) is 8.10. The Morgan fingerprint density at radius 1 is 1.56 bits per heavy atom. The Morgan fingerprint density at radius 3 is 2.11 bits per heavy atom. The number of carbonyl (C=O) groups excluding carboxylic acids is 2. The maximum atomic E-state index is 10.4. The van der Waals surface area contributed by atoms with Gasteiger partial charge in [0.05, 0.1) is 5.92 Å². The minimum atomic E-state index is -0.755. The normalized spacial score (nSPS) is 12.3. The Morgan fingerprint density at radius 2 is 2.00 bits per heavy atom. The van der Waals surface area contributed by atoms with E-state index >= 15 is 0 Å². The van der Waals surface area contributed by atoms with Gasteiger partial charge in [-0.3, -0.25) is 14.8 Å².